The van der Waals surface area contributed by atoms with Crippen molar-refractivity contribution in [2.45, 2.75) is 215 Å². The molecule has 0 spiro atoms. The standard InChI is InChI=1S/C98H132FN21O22.C2HF3O2/c1-57(122)85-97(141)118(7)82(96(140)117(6)81(48-62-26-31-65(99)32-27-62)93(137)109-73(87(131)108-72(86(101)130)23-13-16-40-100)24-14-17-42-103-98(142)120-45-43-119(44-46-120)55-84(128)129)54-106-83(127)39-37-74(107-59(3)124)88(132)110-75(47-61-28-33-66(125)34-29-61)89(133)113-78(56-121)94(138)116(5)80(38-30-60-19-9-8-10-20-60)95(139)115(4)79(25-15-18-41-102-58(2)123)92(136)112-76(50-64-53-105-71-36-35-67(126)51-69(64)71)90(134)111-77(91(135)114-85)49-63-52-104-70-22-12-11-21-68(63)70;3-2(4,5)1(6)7/h8-12,19-22,26-29,31-36,51-53,57,72-82,85,104-105,121-122,125-126H,13-18,23-25,30,37-50,54-56,100H2,1-7H3,(H2,101,130)(H,102,123)(H,103,142)(H,106,127)(H,107,124)(H,108,131)(H,109,137)(H,110,132)(H,111,134)(H,112,136)(H,113,133)(H,114,135)(H,128,129);(H,6,7)/t57-,72+,73-,74-,75-,76-,77-,78-,79-,80-,81-,82-,85-;/m0./s1. The number of benzene rings is 5. The van der Waals surface area contributed by atoms with Crippen LogP contribution >= 0.6 is 0 Å². The number of nitrogens with zero attached hydrogens (tertiary/aromatic N) is 6. The number of amides is 17. The summed E-state index contributed by atoms with van der Waals surface area (Å²) < 4.78 is 46.6. The summed E-state index contributed by atoms with van der Waals surface area (Å²) >= 11 is 0. The van der Waals surface area contributed by atoms with Gasteiger partial charge in [0.15, 0.2) is 0 Å². The molecule has 49 heteroatoms. The fraction of sp³-hybridized carbons (Fsp3) is 0.480. The number of rotatable bonds is 37. The van der Waals surface area contributed by atoms with Gasteiger partial charge >= 0.3 is 24.1 Å². The van der Waals surface area contributed by atoms with Gasteiger partial charge in [-0.05, 0) is 167 Å². The van der Waals surface area contributed by atoms with Gasteiger partial charge in [0.05, 0.1) is 19.3 Å². The van der Waals surface area contributed by atoms with E-state index < -0.39 is 243 Å². The molecule has 0 bridgehead atoms. The number of phenols is 2. The number of para-hydroxylation sites is 1. The maximum Gasteiger partial charge on any atom is 0.490 e. The van der Waals surface area contributed by atoms with E-state index in [1.807, 2.05) is 0 Å². The second-order valence-electron chi connectivity index (χ2n) is 36.6. The summed E-state index contributed by atoms with van der Waals surface area (Å²) in [7, 11) is 4.69. The number of aliphatic carboxylic acids is 2. The monoisotopic (exact) mass is 2090 g/mol. The first-order valence-electron chi connectivity index (χ1n) is 48.6. The molecule has 5 aromatic carbocycles. The number of halogens is 4. The molecule has 13 atom stereocenters. The molecule has 45 nitrogen and oxygen atoms in total. The van der Waals surface area contributed by atoms with E-state index in [2.05, 4.69) is 68.5 Å². The van der Waals surface area contributed by atoms with Gasteiger partial charge in [-0.15, -0.1) is 0 Å². The van der Waals surface area contributed by atoms with Crippen LogP contribution in [0.15, 0.2) is 134 Å². The number of aromatic amines is 2. The van der Waals surface area contributed by atoms with Crippen molar-refractivity contribution in [1.29, 1.82) is 0 Å². The summed E-state index contributed by atoms with van der Waals surface area (Å²) in [4.78, 5) is 272. The van der Waals surface area contributed by atoms with Gasteiger partial charge in [-0.1, -0.05) is 72.8 Å². The van der Waals surface area contributed by atoms with E-state index in [9.17, 15) is 81.5 Å². The molecule has 2 aliphatic rings. The minimum absolute atomic E-state index is 0.0204. The number of aliphatic hydroxyl groups excluding tert-OH is 2. The fourth-order valence-corrected chi connectivity index (χ4v) is 17.1. The number of nitrogens with one attached hydrogen (secondary N) is 13. The van der Waals surface area contributed by atoms with Crippen LogP contribution in [0.4, 0.5) is 22.4 Å². The number of aliphatic hydroxyl groups is 2. The van der Waals surface area contributed by atoms with Crippen molar-refractivity contribution in [2.24, 2.45) is 11.5 Å². The highest BCUT2D eigenvalue weighted by Gasteiger charge is 2.45. The lowest BCUT2D eigenvalue weighted by Gasteiger charge is -2.37. The van der Waals surface area contributed by atoms with E-state index in [1.54, 1.807) is 71.8 Å². The Kier molecular flexibility index (Phi) is 46.0. The highest BCUT2D eigenvalue weighted by molar-refractivity contribution is 6.01. The van der Waals surface area contributed by atoms with Crippen molar-refractivity contribution in [3.63, 3.8) is 0 Å². The van der Waals surface area contributed by atoms with Gasteiger partial charge in [0, 0.05) is 154 Å². The number of piperazine rings is 1. The molecule has 0 aliphatic carbocycles. The van der Waals surface area contributed by atoms with E-state index in [0.717, 1.165) is 59.7 Å². The molecule has 2 aliphatic heterocycles. The largest absolute Gasteiger partial charge is 0.508 e. The van der Waals surface area contributed by atoms with E-state index in [-0.39, 0.29) is 120 Å². The highest BCUT2D eigenvalue weighted by atomic mass is 19.4. The number of aryl methyl sites for hydroxylation is 1. The van der Waals surface area contributed by atoms with Crippen LogP contribution in [0.25, 0.3) is 21.8 Å². The molecule has 2 saturated heterocycles. The molecule has 17 amide bonds. The van der Waals surface area contributed by atoms with Crippen LogP contribution in [0.3, 0.4) is 0 Å². The van der Waals surface area contributed by atoms with Gasteiger partial charge in [-0.25, -0.2) is 14.0 Å². The van der Waals surface area contributed by atoms with Gasteiger partial charge in [-0.3, -0.25) is 81.6 Å². The second-order valence-corrected chi connectivity index (χ2v) is 36.6. The van der Waals surface area contributed by atoms with Crippen molar-refractivity contribution in [1.82, 2.24) is 97.9 Å². The molecule has 0 saturated carbocycles. The van der Waals surface area contributed by atoms with Gasteiger partial charge in [0.2, 0.25) is 88.6 Å². The van der Waals surface area contributed by atoms with Crippen LogP contribution in [0.5, 0.6) is 11.5 Å². The molecule has 9 rings (SSSR count). The van der Waals surface area contributed by atoms with Crippen LogP contribution in [0, 0.1) is 5.82 Å². The van der Waals surface area contributed by atoms with Gasteiger partial charge in [0.1, 0.15) is 89.8 Å². The minimum atomic E-state index is -5.08. The third kappa shape index (κ3) is 36.6. The van der Waals surface area contributed by atoms with Crippen LogP contribution < -0.4 is 70.0 Å². The van der Waals surface area contributed by atoms with E-state index in [1.165, 1.54) is 80.6 Å². The Morgan fingerprint density at radius 2 is 1.11 bits per heavy atom. The van der Waals surface area contributed by atoms with E-state index >= 15 is 43.2 Å². The number of carboxylic acid groups (broad SMARTS) is 2. The number of hydrogen-bond acceptors (Lipinski definition) is 24. The number of alkyl halides is 3. The first-order valence-corrected chi connectivity index (χ1v) is 48.6. The van der Waals surface area contributed by atoms with Gasteiger partial charge in [-0.2, -0.15) is 13.2 Å². The molecule has 810 valence electrons. The zero-order valence-corrected chi connectivity index (χ0v) is 83.7. The van der Waals surface area contributed by atoms with Crippen molar-refractivity contribution in [3.8, 4) is 11.5 Å². The quantitative estimate of drug-likeness (QED) is 0.0176. The number of phenolic OH excluding ortho intramolecular Hbond substituents is 2. The number of primary amides is 1. The lowest BCUT2D eigenvalue weighted by Crippen LogP contribution is -2.64. The summed E-state index contributed by atoms with van der Waals surface area (Å²) in [5.74, 6) is -20.0. The number of carbonyl (C=O) groups excluding carboxylic acids is 16. The maximum atomic E-state index is 16.2. The average Bonchev–Trinajstić information content (AvgIpc) is 1.07. The predicted molar refractivity (Wildman–Crippen MR) is 532 cm³/mol. The molecule has 4 heterocycles. The van der Waals surface area contributed by atoms with Crippen LogP contribution in [0.2, 0.25) is 0 Å². The summed E-state index contributed by atoms with van der Waals surface area (Å²) in [6.07, 6.45) is -6.18. The fourth-order valence-electron chi connectivity index (χ4n) is 17.1. The number of carboxylic acids is 2. The summed E-state index contributed by atoms with van der Waals surface area (Å²) in [6, 6.07) is 8.66. The smallest absolute Gasteiger partial charge is 0.490 e. The first kappa shape index (κ1) is 119. The third-order valence-corrected chi connectivity index (χ3v) is 25.5. The number of urea groups is 1. The molecule has 7 aromatic rings. The molecule has 23 N–H and O–H groups in total. The summed E-state index contributed by atoms with van der Waals surface area (Å²) in [6.45, 7) is 2.56. The average molecular weight is 2090 g/mol. The van der Waals surface area contributed by atoms with E-state index in [4.69, 9.17) is 21.4 Å². The number of aromatic hydroxyl groups is 2. The van der Waals surface area contributed by atoms with Crippen molar-refractivity contribution in [3.05, 3.63) is 167 Å². The van der Waals surface area contributed by atoms with Crippen molar-refractivity contribution < 1.29 is 135 Å². The number of aromatic nitrogens is 2. The Morgan fingerprint density at radius 1 is 0.564 bits per heavy atom. The normalized spacial score (nSPS) is 20.0. The topological polar surface area (TPSA) is 664 Å². The van der Waals surface area contributed by atoms with Crippen molar-refractivity contribution in [2.75, 3.05) is 93.7 Å². The number of unbranched alkanes of at least 4 members (excludes halogenated alkanes) is 3. The SMILES string of the molecule is CC(=O)NCCCC[C@H]1C(=O)N[C@@H](Cc2c[nH]c3ccc(O)cc23)C(=O)N[C@@H](Cc2c[nH]c3ccccc23)C(=O)N[C@@H]([C@H](C)O)C(=O)N(C)[C@H](C(=O)N(C)[C@@H](Cc2ccc(F)cc2)C(=O)N[C@@H](CCCCNC(=O)N2CCN(CC(=O)O)CC2)C(=O)N[C@H](CCCCN)C(N)=O)CNC(=O)CC[C@H](NC(C)=O)C(=O)N[C@@H](Cc2ccc(O)cc2)C(=O)N[C@@H](CO)C(=O)N(C)[C@@H](CCc2ccccc2)C(=O)N1C.O=C(O)C(F)(F)F. The van der Waals surface area contributed by atoms with Gasteiger partial charge < -0.3 is 135 Å². The van der Waals surface area contributed by atoms with Crippen molar-refractivity contribution >= 4 is 128 Å². The number of likely N-dealkylation sites (N-methyl/N-ethyl adjacent to an activating group) is 4. The zero-order chi connectivity index (χ0) is 110. The first-order chi connectivity index (χ1) is 70.7. The molecule has 0 radical (unpaired) electrons. The van der Waals surface area contributed by atoms with Crippen LogP contribution in [-0.2, 0) is 114 Å². The number of H-pyrrole nitrogens is 2. The Morgan fingerprint density at radius 3 is 1.71 bits per heavy atom. The molecule has 149 heavy (non-hydrogen) atoms. The Labute approximate surface area is 855 Å². The Hall–Kier alpha value is -15.4. The molecule has 2 aromatic heterocycles. The number of nitrogens with two attached hydrogens (primary N) is 2. The lowest BCUT2D eigenvalue weighted by molar-refractivity contribution is -0.192. The molecular formula is C100H133F4N21O24. The third-order valence-electron chi connectivity index (χ3n) is 25.5. The Balaban J connectivity index is 0.00000372. The molecule has 2 fully saturated rings. The molecular weight excluding hydrogens is 1960 g/mol. The number of hydrogen-bond donors (Lipinski definition) is 21. The minimum Gasteiger partial charge on any atom is -0.508 e. The van der Waals surface area contributed by atoms with Crippen LogP contribution in [-0.4, -0.2) is 355 Å². The predicted octanol–water partition coefficient (Wildman–Crippen LogP) is -0.272. The van der Waals surface area contributed by atoms with E-state index in [0.29, 0.717) is 70.0 Å². The zero-order valence-electron chi connectivity index (χ0n) is 83.7. The Bertz CT molecular complexity index is 5790. The number of carbonyl (C=O) groups is 18. The van der Waals surface area contributed by atoms with Gasteiger partial charge in [0.25, 0.3) is 0 Å². The maximum absolute atomic E-state index is 16.2. The summed E-state index contributed by atoms with van der Waals surface area (Å²) in [5, 5.41) is 91.1. The van der Waals surface area contributed by atoms with Crippen LogP contribution in [0.1, 0.15) is 126 Å². The summed E-state index contributed by atoms with van der Waals surface area (Å²) in [5.41, 5.74) is 14.5. The highest BCUT2D eigenvalue weighted by Crippen LogP contribution is 2.28. The molecule has 0 unspecified atom stereocenters. The lowest BCUT2D eigenvalue weighted by atomic mass is 9.99. The number of fused-ring (bicyclic) bond motifs is 2. The second kappa shape index (κ2) is 57.6.